The van der Waals surface area contributed by atoms with Gasteiger partial charge in [0.2, 0.25) is 5.91 Å². The molecule has 0 bridgehead atoms. The molecule has 0 fully saturated rings. The number of allylic oxidation sites excluding steroid dienone is 1. The van der Waals surface area contributed by atoms with Crippen molar-refractivity contribution in [3.8, 4) is 11.8 Å². The van der Waals surface area contributed by atoms with E-state index in [1.54, 1.807) is 24.3 Å². The van der Waals surface area contributed by atoms with E-state index >= 15 is 0 Å². The predicted octanol–water partition coefficient (Wildman–Crippen LogP) is 3.67. The van der Waals surface area contributed by atoms with Crippen LogP contribution in [0.2, 0.25) is 0 Å². The summed E-state index contributed by atoms with van der Waals surface area (Å²) in [5.41, 5.74) is 0.636. The van der Waals surface area contributed by atoms with Gasteiger partial charge in [-0.2, -0.15) is 18.4 Å². The zero-order valence-corrected chi connectivity index (χ0v) is 19.5. The SMILES string of the molecule is N#CC(=Cc1cccc(OCCC(=O)NC(Cc2ccccc2)B(O)O)c1)c1ccc(C(F)(F)F)cn1. The Bertz CT molecular complexity index is 1260. The summed E-state index contributed by atoms with van der Waals surface area (Å²) in [4.78, 5) is 16.0. The second kappa shape index (κ2) is 12.7. The van der Waals surface area contributed by atoms with Gasteiger partial charge in [-0.3, -0.25) is 9.78 Å². The molecule has 3 rings (SSSR count). The van der Waals surface area contributed by atoms with E-state index in [1.807, 2.05) is 36.4 Å². The number of rotatable bonds is 10. The molecule has 37 heavy (non-hydrogen) atoms. The van der Waals surface area contributed by atoms with Crippen LogP contribution >= 0.6 is 0 Å². The summed E-state index contributed by atoms with van der Waals surface area (Å²) >= 11 is 0. The minimum absolute atomic E-state index is 0.00412. The molecule has 0 saturated heterocycles. The van der Waals surface area contributed by atoms with Crippen LogP contribution in [0.25, 0.3) is 11.6 Å². The molecule has 2 aromatic carbocycles. The molecule has 0 radical (unpaired) electrons. The lowest BCUT2D eigenvalue weighted by Crippen LogP contribution is -2.48. The number of amides is 1. The fourth-order valence-corrected chi connectivity index (χ4v) is 3.38. The van der Waals surface area contributed by atoms with Crippen molar-refractivity contribution in [1.82, 2.24) is 10.3 Å². The Morgan fingerprint density at radius 1 is 1.14 bits per heavy atom. The van der Waals surface area contributed by atoms with Gasteiger partial charge in [-0.25, -0.2) is 0 Å². The molecule has 1 heterocycles. The Labute approximate surface area is 212 Å². The van der Waals surface area contributed by atoms with Gasteiger partial charge in [-0.1, -0.05) is 42.5 Å². The lowest BCUT2D eigenvalue weighted by atomic mass is 9.76. The van der Waals surface area contributed by atoms with E-state index in [9.17, 15) is 33.3 Å². The number of carbonyl (C=O) groups is 1. The highest BCUT2D eigenvalue weighted by Crippen LogP contribution is 2.29. The van der Waals surface area contributed by atoms with Gasteiger partial charge in [-0.15, -0.1) is 0 Å². The molecule has 7 nitrogen and oxygen atoms in total. The molecule has 3 aromatic rings. The molecular weight excluding hydrogens is 486 g/mol. The highest BCUT2D eigenvalue weighted by atomic mass is 19.4. The summed E-state index contributed by atoms with van der Waals surface area (Å²) in [6.45, 7) is 0.00412. The van der Waals surface area contributed by atoms with E-state index < -0.39 is 30.7 Å². The van der Waals surface area contributed by atoms with Crippen molar-refractivity contribution in [2.45, 2.75) is 25.0 Å². The zero-order valence-electron chi connectivity index (χ0n) is 19.5. The first-order valence-electron chi connectivity index (χ1n) is 11.2. The molecule has 3 N–H and O–H groups in total. The number of hydrogen-bond acceptors (Lipinski definition) is 6. The molecule has 0 saturated carbocycles. The number of benzene rings is 2. The average molecular weight is 509 g/mol. The van der Waals surface area contributed by atoms with Gasteiger partial charge in [0.25, 0.3) is 0 Å². The third kappa shape index (κ3) is 8.49. The molecule has 190 valence electrons. The Kier molecular flexibility index (Phi) is 9.43. The molecular formula is C26H23BF3N3O4. The smallest absolute Gasteiger partial charge is 0.475 e. The van der Waals surface area contributed by atoms with Crippen LogP contribution in [0, 0.1) is 11.3 Å². The van der Waals surface area contributed by atoms with Crippen LogP contribution in [0.1, 0.15) is 28.8 Å². The fraction of sp³-hybridized carbons (Fsp3) is 0.192. The molecule has 0 spiro atoms. The summed E-state index contributed by atoms with van der Waals surface area (Å²) in [5.74, 6) is -0.904. The van der Waals surface area contributed by atoms with Gasteiger partial charge in [0, 0.05) is 6.20 Å². The predicted molar refractivity (Wildman–Crippen MR) is 132 cm³/mol. The van der Waals surface area contributed by atoms with Crippen LogP contribution in [0.4, 0.5) is 13.2 Å². The molecule has 11 heteroatoms. The number of carbonyl (C=O) groups excluding carboxylic acids is 1. The Hall–Kier alpha value is -4.14. The molecule has 1 amide bonds. The summed E-state index contributed by atoms with van der Waals surface area (Å²) in [6, 6.07) is 19.6. The van der Waals surface area contributed by atoms with Crippen LogP contribution in [-0.2, 0) is 17.4 Å². The van der Waals surface area contributed by atoms with Crippen molar-refractivity contribution in [3.05, 3.63) is 95.3 Å². The van der Waals surface area contributed by atoms with E-state index in [1.165, 1.54) is 6.08 Å². The standard InChI is InChI=1S/C26H23BF3N3O4/c28-26(29,30)21-9-10-23(32-17-21)20(16-31)13-19-7-4-8-22(14-19)37-12-11-25(34)33-24(27(35)36)15-18-5-2-1-3-6-18/h1-10,13-14,17,24,35-36H,11-12,15H2,(H,33,34). The maximum absolute atomic E-state index is 12.8. The van der Waals surface area contributed by atoms with Crippen molar-refractivity contribution in [2.75, 3.05) is 6.61 Å². The number of ether oxygens (including phenoxy) is 1. The van der Waals surface area contributed by atoms with Crippen LogP contribution in [0.15, 0.2) is 72.9 Å². The molecule has 1 atom stereocenters. The first kappa shape index (κ1) is 27.5. The number of halogens is 3. The molecule has 0 aliphatic carbocycles. The third-order valence-electron chi connectivity index (χ3n) is 5.26. The second-order valence-corrected chi connectivity index (χ2v) is 8.05. The minimum atomic E-state index is -4.52. The maximum atomic E-state index is 12.8. The lowest BCUT2D eigenvalue weighted by molar-refractivity contribution is -0.137. The van der Waals surface area contributed by atoms with Crippen LogP contribution in [0.5, 0.6) is 5.75 Å². The summed E-state index contributed by atoms with van der Waals surface area (Å²) in [6.07, 6.45) is -2.19. The van der Waals surface area contributed by atoms with E-state index in [2.05, 4.69) is 10.3 Å². The van der Waals surface area contributed by atoms with Crippen LogP contribution in [0.3, 0.4) is 0 Å². The Balaban J connectivity index is 1.58. The van der Waals surface area contributed by atoms with E-state index in [0.29, 0.717) is 17.5 Å². The first-order chi connectivity index (χ1) is 17.7. The summed E-state index contributed by atoms with van der Waals surface area (Å²) < 4.78 is 43.9. The first-order valence-corrected chi connectivity index (χ1v) is 11.2. The Morgan fingerprint density at radius 3 is 2.51 bits per heavy atom. The van der Waals surface area contributed by atoms with Crippen molar-refractivity contribution >= 4 is 24.7 Å². The van der Waals surface area contributed by atoms with Gasteiger partial charge in [0.05, 0.1) is 35.8 Å². The zero-order chi connectivity index (χ0) is 26.8. The average Bonchev–Trinajstić information content (AvgIpc) is 2.87. The van der Waals surface area contributed by atoms with Crippen molar-refractivity contribution < 1.29 is 32.8 Å². The molecule has 0 aliphatic rings. The minimum Gasteiger partial charge on any atom is -0.493 e. The number of nitrogens with one attached hydrogen (secondary N) is 1. The number of alkyl halides is 3. The van der Waals surface area contributed by atoms with Crippen LogP contribution < -0.4 is 10.1 Å². The molecule has 1 aromatic heterocycles. The third-order valence-corrected chi connectivity index (χ3v) is 5.26. The van der Waals surface area contributed by atoms with E-state index in [-0.39, 0.29) is 30.7 Å². The highest BCUT2D eigenvalue weighted by molar-refractivity contribution is 6.43. The Morgan fingerprint density at radius 2 is 1.89 bits per heavy atom. The topological polar surface area (TPSA) is 115 Å². The quantitative estimate of drug-likeness (QED) is 0.284. The summed E-state index contributed by atoms with van der Waals surface area (Å²) in [5, 5.41) is 31.3. The number of aromatic nitrogens is 1. The number of hydrogen-bond donors (Lipinski definition) is 3. The largest absolute Gasteiger partial charge is 0.493 e. The maximum Gasteiger partial charge on any atom is 0.475 e. The molecule has 1 unspecified atom stereocenters. The monoisotopic (exact) mass is 509 g/mol. The van der Waals surface area contributed by atoms with Crippen molar-refractivity contribution in [2.24, 2.45) is 0 Å². The van der Waals surface area contributed by atoms with Gasteiger partial charge in [0.15, 0.2) is 0 Å². The van der Waals surface area contributed by atoms with Gasteiger partial charge in [-0.05, 0) is 47.9 Å². The van der Waals surface area contributed by atoms with Gasteiger partial charge >= 0.3 is 13.3 Å². The van der Waals surface area contributed by atoms with Crippen molar-refractivity contribution in [1.29, 1.82) is 5.26 Å². The van der Waals surface area contributed by atoms with E-state index in [0.717, 1.165) is 17.7 Å². The fourth-order valence-electron chi connectivity index (χ4n) is 3.38. The number of pyridine rings is 1. The second-order valence-electron chi connectivity index (χ2n) is 8.05. The number of nitrogens with zero attached hydrogens (tertiary/aromatic N) is 2. The normalized spacial score (nSPS) is 12.4. The van der Waals surface area contributed by atoms with Gasteiger partial charge in [0.1, 0.15) is 11.8 Å². The highest BCUT2D eigenvalue weighted by Gasteiger charge is 2.30. The lowest BCUT2D eigenvalue weighted by Gasteiger charge is -2.18. The molecule has 0 aliphatic heterocycles. The van der Waals surface area contributed by atoms with Gasteiger partial charge < -0.3 is 20.1 Å². The summed E-state index contributed by atoms with van der Waals surface area (Å²) in [7, 11) is -1.73. The van der Waals surface area contributed by atoms with Crippen molar-refractivity contribution in [3.63, 3.8) is 0 Å². The number of nitriles is 1. The van der Waals surface area contributed by atoms with Crippen LogP contribution in [-0.4, -0.2) is 40.6 Å². The van der Waals surface area contributed by atoms with E-state index in [4.69, 9.17) is 4.74 Å².